The Kier molecular flexibility index (Phi) is 13.2. The van der Waals surface area contributed by atoms with E-state index in [1.54, 1.807) is 6.20 Å². The first-order chi connectivity index (χ1) is 12.8. The summed E-state index contributed by atoms with van der Waals surface area (Å²) in [5, 5.41) is 10.1. The Balaban J connectivity index is 0.00000364. The summed E-state index contributed by atoms with van der Waals surface area (Å²) in [5.41, 5.74) is 0. The number of ether oxygens (including phenoxy) is 1. The number of aromatic nitrogens is 1. The highest BCUT2D eigenvalue weighted by atomic mass is 127. The van der Waals surface area contributed by atoms with E-state index in [1.807, 2.05) is 18.2 Å². The fraction of sp³-hybridized carbons (Fsp3) is 0.684. The summed E-state index contributed by atoms with van der Waals surface area (Å²) in [6.07, 6.45) is 3.98. The number of hydrogen-bond donors (Lipinski definition) is 3. The number of nitrogens with zero attached hydrogens (tertiary/aromatic N) is 3. The number of morpholine rings is 1. The molecule has 0 bridgehead atoms. The van der Waals surface area contributed by atoms with Crippen molar-refractivity contribution < 1.29 is 4.74 Å². The topological polar surface area (TPSA) is 73.8 Å². The third-order valence-corrected chi connectivity index (χ3v) is 4.39. The van der Waals surface area contributed by atoms with Gasteiger partial charge in [0.2, 0.25) is 0 Å². The van der Waals surface area contributed by atoms with Crippen LogP contribution in [0.4, 0.5) is 5.82 Å². The van der Waals surface area contributed by atoms with Gasteiger partial charge in [-0.2, -0.15) is 0 Å². The van der Waals surface area contributed by atoms with Crippen LogP contribution < -0.4 is 16.0 Å². The van der Waals surface area contributed by atoms with Crippen molar-refractivity contribution in [3.63, 3.8) is 0 Å². The van der Waals surface area contributed by atoms with Gasteiger partial charge in [0.05, 0.1) is 19.8 Å². The van der Waals surface area contributed by atoms with Crippen molar-refractivity contribution in [2.75, 3.05) is 57.8 Å². The molecule has 1 aromatic heterocycles. The normalized spacial score (nSPS) is 16.3. The zero-order chi connectivity index (χ0) is 18.5. The van der Waals surface area contributed by atoms with Crippen molar-refractivity contribution >= 4 is 35.8 Å². The number of pyridine rings is 1. The van der Waals surface area contributed by atoms with Crippen LogP contribution in [0.25, 0.3) is 0 Å². The van der Waals surface area contributed by atoms with Gasteiger partial charge in [-0.05, 0) is 38.8 Å². The Hall–Kier alpha value is -1.13. The molecule has 0 radical (unpaired) electrons. The van der Waals surface area contributed by atoms with E-state index in [-0.39, 0.29) is 24.0 Å². The molecule has 27 heavy (non-hydrogen) atoms. The van der Waals surface area contributed by atoms with Crippen LogP contribution in [0.5, 0.6) is 0 Å². The molecule has 1 unspecified atom stereocenters. The third-order valence-electron chi connectivity index (χ3n) is 4.39. The lowest BCUT2D eigenvalue weighted by atomic mass is 10.2. The van der Waals surface area contributed by atoms with Gasteiger partial charge < -0.3 is 20.7 Å². The summed E-state index contributed by atoms with van der Waals surface area (Å²) in [7, 11) is 0. The van der Waals surface area contributed by atoms with Gasteiger partial charge in [-0.3, -0.25) is 9.89 Å². The minimum Gasteiger partial charge on any atom is -0.379 e. The van der Waals surface area contributed by atoms with Crippen molar-refractivity contribution in [1.29, 1.82) is 0 Å². The zero-order valence-corrected chi connectivity index (χ0v) is 18.9. The third kappa shape index (κ3) is 10.1. The second-order valence-electron chi connectivity index (χ2n) is 6.49. The summed E-state index contributed by atoms with van der Waals surface area (Å²) in [6.45, 7) is 11.5. The first-order valence-electron chi connectivity index (χ1n) is 9.78. The van der Waals surface area contributed by atoms with E-state index in [1.165, 1.54) is 0 Å². The second-order valence-corrected chi connectivity index (χ2v) is 6.49. The maximum absolute atomic E-state index is 5.42. The molecule has 0 aliphatic carbocycles. The first-order valence-corrected chi connectivity index (χ1v) is 9.78. The monoisotopic (exact) mass is 490 g/mol. The molecule has 0 spiro atoms. The first kappa shape index (κ1) is 23.9. The number of guanidine groups is 1. The largest absolute Gasteiger partial charge is 0.379 e. The number of aliphatic imine (C=N–C) groups is 1. The lowest BCUT2D eigenvalue weighted by Crippen LogP contribution is -2.44. The molecule has 1 saturated heterocycles. The maximum Gasteiger partial charge on any atom is 0.191 e. The van der Waals surface area contributed by atoms with Gasteiger partial charge in [0.15, 0.2) is 5.96 Å². The Bertz CT molecular complexity index is 510. The number of hydrogen-bond acceptors (Lipinski definition) is 5. The van der Waals surface area contributed by atoms with Crippen LogP contribution in [0.3, 0.4) is 0 Å². The fourth-order valence-electron chi connectivity index (χ4n) is 2.84. The standard InChI is InChI=1S/C19H34N6O.HI/c1-3-20-19(24-16-17(2)25-12-14-26-15-13-25)23-11-7-6-10-22-18-8-4-5-9-21-18;/h4-5,8-9,17H,3,6-7,10-16H2,1-2H3,(H,21,22)(H2,20,23,24);1H. The summed E-state index contributed by atoms with van der Waals surface area (Å²) >= 11 is 0. The molecule has 0 aromatic carbocycles. The van der Waals surface area contributed by atoms with Gasteiger partial charge in [0, 0.05) is 45.0 Å². The average molecular weight is 490 g/mol. The number of rotatable bonds is 10. The molecular weight excluding hydrogens is 455 g/mol. The van der Waals surface area contributed by atoms with E-state index in [0.29, 0.717) is 6.04 Å². The SMILES string of the molecule is CCNC(=NCC(C)N1CCOCC1)NCCCCNc1ccccn1.I. The molecular formula is C19H35IN6O. The predicted molar refractivity (Wildman–Crippen MR) is 123 cm³/mol. The van der Waals surface area contributed by atoms with Crippen molar-refractivity contribution in [3.8, 4) is 0 Å². The smallest absolute Gasteiger partial charge is 0.191 e. The Morgan fingerprint density at radius 2 is 2.00 bits per heavy atom. The molecule has 8 heteroatoms. The highest BCUT2D eigenvalue weighted by molar-refractivity contribution is 14.0. The number of nitrogens with one attached hydrogen (secondary N) is 3. The highest BCUT2D eigenvalue weighted by Gasteiger charge is 2.16. The second kappa shape index (κ2) is 14.9. The zero-order valence-electron chi connectivity index (χ0n) is 16.6. The Labute approximate surface area is 180 Å². The van der Waals surface area contributed by atoms with Crippen LogP contribution in [0.15, 0.2) is 29.4 Å². The molecule has 1 aliphatic heterocycles. The van der Waals surface area contributed by atoms with Crippen LogP contribution in [0.1, 0.15) is 26.7 Å². The molecule has 0 saturated carbocycles. The van der Waals surface area contributed by atoms with Gasteiger partial charge >= 0.3 is 0 Å². The minimum atomic E-state index is 0. The van der Waals surface area contributed by atoms with E-state index in [4.69, 9.17) is 9.73 Å². The minimum absolute atomic E-state index is 0. The lowest BCUT2D eigenvalue weighted by Gasteiger charge is -2.31. The lowest BCUT2D eigenvalue weighted by molar-refractivity contribution is 0.0220. The number of anilines is 1. The van der Waals surface area contributed by atoms with Crippen molar-refractivity contribution in [2.24, 2.45) is 4.99 Å². The average Bonchev–Trinajstić information content (AvgIpc) is 2.69. The summed E-state index contributed by atoms with van der Waals surface area (Å²) in [5.74, 6) is 1.85. The van der Waals surface area contributed by atoms with Crippen LogP contribution >= 0.6 is 24.0 Å². The van der Waals surface area contributed by atoms with Crippen LogP contribution in [-0.4, -0.2) is 74.4 Å². The molecule has 1 fully saturated rings. The van der Waals surface area contributed by atoms with Crippen molar-refractivity contribution in [1.82, 2.24) is 20.5 Å². The Morgan fingerprint density at radius 3 is 2.70 bits per heavy atom. The van der Waals surface area contributed by atoms with Crippen LogP contribution in [0, 0.1) is 0 Å². The van der Waals surface area contributed by atoms with Crippen molar-refractivity contribution in [3.05, 3.63) is 24.4 Å². The number of unbranched alkanes of at least 4 members (excludes halogenated alkanes) is 1. The van der Waals surface area contributed by atoms with E-state index in [0.717, 1.165) is 77.1 Å². The molecule has 7 nitrogen and oxygen atoms in total. The van der Waals surface area contributed by atoms with Gasteiger partial charge in [0.25, 0.3) is 0 Å². The molecule has 0 amide bonds. The van der Waals surface area contributed by atoms with Crippen LogP contribution in [-0.2, 0) is 4.74 Å². The molecule has 2 rings (SSSR count). The molecule has 3 N–H and O–H groups in total. The van der Waals surface area contributed by atoms with Crippen molar-refractivity contribution in [2.45, 2.75) is 32.7 Å². The maximum atomic E-state index is 5.42. The highest BCUT2D eigenvalue weighted by Crippen LogP contribution is 2.04. The van der Waals surface area contributed by atoms with E-state index >= 15 is 0 Å². The summed E-state index contributed by atoms with van der Waals surface area (Å²) in [6, 6.07) is 6.35. The predicted octanol–water partition coefficient (Wildman–Crippen LogP) is 2.17. The Morgan fingerprint density at radius 1 is 1.22 bits per heavy atom. The molecule has 2 heterocycles. The quantitative estimate of drug-likeness (QED) is 0.202. The molecule has 1 aliphatic rings. The van der Waals surface area contributed by atoms with Gasteiger partial charge in [-0.1, -0.05) is 6.07 Å². The summed E-state index contributed by atoms with van der Waals surface area (Å²) < 4.78 is 5.42. The van der Waals surface area contributed by atoms with E-state index in [2.05, 4.69) is 39.7 Å². The van der Waals surface area contributed by atoms with Gasteiger partial charge in [-0.25, -0.2) is 4.98 Å². The molecule has 154 valence electrons. The van der Waals surface area contributed by atoms with Gasteiger partial charge in [0.1, 0.15) is 5.82 Å². The molecule has 1 aromatic rings. The summed E-state index contributed by atoms with van der Waals surface area (Å²) in [4.78, 5) is 11.4. The number of halogens is 1. The van der Waals surface area contributed by atoms with E-state index in [9.17, 15) is 0 Å². The fourth-order valence-corrected chi connectivity index (χ4v) is 2.84. The molecule has 1 atom stereocenters. The van der Waals surface area contributed by atoms with Gasteiger partial charge in [-0.15, -0.1) is 24.0 Å². The van der Waals surface area contributed by atoms with Crippen LogP contribution in [0.2, 0.25) is 0 Å². The van der Waals surface area contributed by atoms with E-state index < -0.39 is 0 Å².